The molecule has 0 aromatic carbocycles. The molecular weight excluding hydrogens is 949 g/mol. The van der Waals surface area contributed by atoms with E-state index in [9.17, 15) is 14.4 Å². The van der Waals surface area contributed by atoms with Crippen LogP contribution in [-0.4, -0.2) is 37.2 Å². The van der Waals surface area contributed by atoms with E-state index < -0.39 is 6.10 Å². The van der Waals surface area contributed by atoms with Crippen LogP contribution in [0, 0.1) is 0 Å². The molecule has 0 rings (SSSR count). The number of ether oxygens (including phenoxy) is 3. The second kappa shape index (κ2) is 65.1. The summed E-state index contributed by atoms with van der Waals surface area (Å²) >= 11 is 0. The van der Waals surface area contributed by atoms with Crippen LogP contribution in [0.3, 0.4) is 0 Å². The van der Waals surface area contributed by atoms with E-state index in [0.29, 0.717) is 19.3 Å². The van der Waals surface area contributed by atoms with Gasteiger partial charge in [-0.25, -0.2) is 0 Å². The zero-order valence-corrected chi connectivity index (χ0v) is 51.0. The second-order valence-corrected chi connectivity index (χ2v) is 22.0. The van der Waals surface area contributed by atoms with E-state index in [1.165, 1.54) is 180 Å². The molecule has 1 atom stereocenters. The van der Waals surface area contributed by atoms with Crippen LogP contribution in [0.15, 0.2) is 85.1 Å². The molecule has 6 heteroatoms. The second-order valence-electron chi connectivity index (χ2n) is 22.0. The highest BCUT2D eigenvalue weighted by Crippen LogP contribution is 2.16. The summed E-state index contributed by atoms with van der Waals surface area (Å²) in [7, 11) is 0. The van der Waals surface area contributed by atoms with E-state index in [-0.39, 0.29) is 31.1 Å². The quantitative estimate of drug-likeness (QED) is 0.0261. The maximum absolute atomic E-state index is 12.9. The topological polar surface area (TPSA) is 78.9 Å². The van der Waals surface area contributed by atoms with Crippen molar-refractivity contribution in [3.05, 3.63) is 85.1 Å². The van der Waals surface area contributed by atoms with Crippen molar-refractivity contribution in [1.82, 2.24) is 0 Å². The summed E-state index contributed by atoms with van der Waals surface area (Å²) < 4.78 is 16.9. The summed E-state index contributed by atoms with van der Waals surface area (Å²) in [6, 6.07) is 0. The molecule has 444 valence electrons. The average Bonchev–Trinajstić information content (AvgIpc) is 3.43. The highest BCUT2D eigenvalue weighted by Gasteiger charge is 2.19. The van der Waals surface area contributed by atoms with E-state index in [1.54, 1.807) is 0 Å². The van der Waals surface area contributed by atoms with Crippen LogP contribution in [-0.2, 0) is 28.6 Å². The Morgan fingerprint density at radius 2 is 0.506 bits per heavy atom. The number of esters is 3. The fraction of sp³-hybridized carbons (Fsp3) is 0.761. The molecule has 0 bridgehead atoms. The Morgan fingerprint density at radius 3 is 0.831 bits per heavy atom. The van der Waals surface area contributed by atoms with Gasteiger partial charge in [0.05, 0.1) is 0 Å². The zero-order chi connectivity index (χ0) is 55.7. The minimum Gasteiger partial charge on any atom is -0.462 e. The normalized spacial score (nSPS) is 12.6. The number of allylic oxidation sites excluding steroid dienone is 14. The van der Waals surface area contributed by atoms with Crippen molar-refractivity contribution in [3.8, 4) is 0 Å². The van der Waals surface area contributed by atoms with E-state index in [2.05, 4.69) is 106 Å². The molecule has 0 aliphatic heterocycles. The van der Waals surface area contributed by atoms with Gasteiger partial charge in [-0.1, -0.05) is 279 Å². The Balaban J connectivity index is 4.35. The molecule has 77 heavy (non-hydrogen) atoms. The minimum atomic E-state index is -0.795. The van der Waals surface area contributed by atoms with Gasteiger partial charge in [0, 0.05) is 19.3 Å². The van der Waals surface area contributed by atoms with Gasteiger partial charge in [0.25, 0.3) is 0 Å². The van der Waals surface area contributed by atoms with Gasteiger partial charge < -0.3 is 14.2 Å². The third kappa shape index (κ3) is 63.3. The van der Waals surface area contributed by atoms with Gasteiger partial charge in [0.1, 0.15) is 13.2 Å². The van der Waals surface area contributed by atoms with Gasteiger partial charge in [0.15, 0.2) is 6.10 Å². The molecule has 0 saturated heterocycles. The summed E-state index contributed by atoms with van der Waals surface area (Å²) in [5.41, 5.74) is 0. The fourth-order valence-corrected chi connectivity index (χ4v) is 9.40. The molecule has 0 amide bonds. The summed E-state index contributed by atoms with van der Waals surface area (Å²) in [5, 5.41) is 0. The number of carbonyl (C=O) groups is 3. The molecule has 0 aliphatic rings. The van der Waals surface area contributed by atoms with Crippen molar-refractivity contribution in [2.24, 2.45) is 0 Å². The van der Waals surface area contributed by atoms with Gasteiger partial charge in [-0.3, -0.25) is 14.4 Å². The van der Waals surface area contributed by atoms with Crippen LogP contribution in [0.4, 0.5) is 0 Å². The first-order valence-corrected chi connectivity index (χ1v) is 33.1. The van der Waals surface area contributed by atoms with Crippen molar-refractivity contribution in [2.45, 2.75) is 335 Å². The SMILES string of the molecule is CC/C=C\C/C=C\C/C=C\C/C=C\CCCCCCC(=O)OC(COC(=O)CCCCCCCCC/C=C\C/C=C\CCCCC)COC(=O)CCCCCCCCCCCCCCC/C=C\CCCCCCCCCC. The molecule has 0 heterocycles. The molecule has 0 aromatic rings. The third-order valence-electron chi connectivity index (χ3n) is 14.4. The van der Waals surface area contributed by atoms with Crippen molar-refractivity contribution in [2.75, 3.05) is 13.2 Å². The highest BCUT2D eigenvalue weighted by molar-refractivity contribution is 5.71. The van der Waals surface area contributed by atoms with Crippen molar-refractivity contribution in [1.29, 1.82) is 0 Å². The van der Waals surface area contributed by atoms with Gasteiger partial charge in [-0.05, 0) is 116 Å². The van der Waals surface area contributed by atoms with Gasteiger partial charge in [0.2, 0.25) is 0 Å². The van der Waals surface area contributed by atoms with Crippen LogP contribution in [0.5, 0.6) is 0 Å². The van der Waals surface area contributed by atoms with Crippen molar-refractivity contribution in [3.63, 3.8) is 0 Å². The number of hydrogen-bond acceptors (Lipinski definition) is 6. The Morgan fingerprint density at radius 1 is 0.273 bits per heavy atom. The molecule has 6 nitrogen and oxygen atoms in total. The van der Waals surface area contributed by atoms with Crippen LogP contribution in [0.1, 0.15) is 329 Å². The van der Waals surface area contributed by atoms with Crippen LogP contribution < -0.4 is 0 Å². The Bertz CT molecular complexity index is 1470. The smallest absolute Gasteiger partial charge is 0.306 e. The van der Waals surface area contributed by atoms with E-state index in [4.69, 9.17) is 14.2 Å². The fourth-order valence-electron chi connectivity index (χ4n) is 9.40. The van der Waals surface area contributed by atoms with E-state index in [0.717, 1.165) is 109 Å². The van der Waals surface area contributed by atoms with Gasteiger partial charge in [-0.2, -0.15) is 0 Å². The summed E-state index contributed by atoms with van der Waals surface area (Å²) in [4.78, 5) is 38.4. The molecule has 0 aliphatic carbocycles. The number of rotatable bonds is 60. The molecule has 0 spiro atoms. The lowest BCUT2D eigenvalue weighted by molar-refractivity contribution is -0.167. The Kier molecular flexibility index (Phi) is 62.2. The largest absolute Gasteiger partial charge is 0.462 e. The van der Waals surface area contributed by atoms with Crippen LogP contribution in [0.25, 0.3) is 0 Å². The summed E-state index contributed by atoms with van der Waals surface area (Å²) in [6.45, 7) is 6.51. The van der Waals surface area contributed by atoms with Gasteiger partial charge >= 0.3 is 17.9 Å². The lowest BCUT2D eigenvalue weighted by atomic mass is 10.0. The highest BCUT2D eigenvalue weighted by atomic mass is 16.6. The van der Waals surface area contributed by atoms with Crippen LogP contribution >= 0.6 is 0 Å². The zero-order valence-electron chi connectivity index (χ0n) is 51.0. The molecular formula is C71H124O6. The van der Waals surface area contributed by atoms with Crippen molar-refractivity contribution >= 4 is 17.9 Å². The predicted octanol–water partition coefficient (Wildman–Crippen LogP) is 22.7. The first-order valence-electron chi connectivity index (χ1n) is 33.1. The molecule has 0 saturated carbocycles. The molecule has 0 radical (unpaired) electrons. The maximum Gasteiger partial charge on any atom is 0.306 e. The first-order chi connectivity index (χ1) is 38.0. The first kappa shape index (κ1) is 73.6. The lowest BCUT2D eigenvalue weighted by Gasteiger charge is -2.18. The summed E-state index contributed by atoms with van der Waals surface area (Å²) in [6.07, 6.45) is 85.9. The van der Waals surface area contributed by atoms with Crippen molar-refractivity contribution < 1.29 is 28.6 Å². The minimum absolute atomic E-state index is 0.0878. The predicted molar refractivity (Wildman–Crippen MR) is 334 cm³/mol. The summed E-state index contributed by atoms with van der Waals surface area (Å²) in [5.74, 6) is -0.907. The number of unbranched alkanes of at least 4 members (excludes halogenated alkanes) is 35. The Labute approximate surface area is 477 Å². The van der Waals surface area contributed by atoms with Gasteiger partial charge in [-0.15, -0.1) is 0 Å². The number of hydrogen-bond donors (Lipinski definition) is 0. The number of carbonyl (C=O) groups excluding carboxylic acids is 3. The monoisotopic (exact) mass is 1070 g/mol. The standard InChI is InChI=1S/C71H124O6/c1-4-7-10-13-16-19-22-25-28-31-32-33-34-35-36-37-38-41-43-46-49-52-55-58-61-64-70(73)76-67-68(77-71(74)65-62-59-56-53-50-47-44-40-30-27-24-21-18-15-12-9-6-3)66-75-69(72)63-60-57-54-51-48-45-42-39-29-26-23-20-17-14-11-8-5-2/h9,12,17-18,20-21,26-27,29-32,44,47,68H,4-8,10-11,13-16,19,22-25,28,33-43,45-46,48-67H2,1-3H3/b12-9-,20-17-,21-18-,29-26-,30-27-,32-31-,47-44-. The lowest BCUT2D eigenvalue weighted by Crippen LogP contribution is -2.30. The van der Waals surface area contributed by atoms with E-state index >= 15 is 0 Å². The van der Waals surface area contributed by atoms with Crippen LogP contribution in [0.2, 0.25) is 0 Å². The molecule has 0 N–H and O–H groups in total. The molecule has 0 fully saturated rings. The molecule has 1 unspecified atom stereocenters. The maximum atomic E-state index is 12.9. The Hall–Kier alpha value is -3.41. The molecule has 0 aromatic heterocycles. The van der Waals surface area contributed by atoms with E-state index in [1.807, 2.05) is 0 Å². The third-order valence-corrected chi connectivity index (χ3v) is 14.4. The average molecular weight is 1070 g/mol.